The number of amides is 2. The van der Waals surface area contributed by atoms with Gasteiger partial charge in [0.05, 0.1) is 17.3 Å². The Morgan fingerprint density at radius 2 is 1.89 bits per heavy atom. The fourth-order valence-electron chi connectivity index (χ4n) is 4.26. The smallest absolute Gasteiger partial charge is 0.326 e. The third-order valence-corrected chi connectivity index (χ3v) is 6.22. The fraction of sp³-hybridized carbons (Fsp3) is 0.148. The molecule has 1 aliphatic heterocycles. The number of carbonyl (C=O) groups excluding carboxylic acids is 1. The topological polar surface area (TPSA) is 71.3 Å². The minimum Gasteiger partial charge on any atom is -0.334 e. The summed E-state index contributed by atoms with van der Waals surface area (Å²) in [6, 6.07) is 20.0. The van der Waals surface area contributed by atoms with Crippen molar-refractivity contribution in [1.29, 1.82) is 0 Å². The molecule has 8 heteroatoms. The van der Waals surface area contributed by atoms with Crippen LogP contribution in [-0.2, 0) is 6.42 Å². The summed E-state index contributed by atoms with van der Waals surface area (Å²) < 4.78 is 19.8. The van der Waals surface area contributed by atoms with Gasteiger partial charge in [-0.15, -0.1) is 0 Å². The van der Waals surface area contributed by atoms with E-state index in [1.165, 1.54) is 12.1 Å². The van der Waals surface area contributed by atoms with E-state index in [4.69, 9.17) is 16.1 Å². The summed E-state index contributed by atoms with van der Waals surface area (Å²) in [6.07, 6.45) is 0.831. The highest BCUT2D eigenvalue weighted by Gasteiger charge is 2.36. The molecule has 5 rings (SSSR count). The molecule has 3 aromatic carbocycles. The molecule has 0 aliphatic carbocycles. The van der Waals surface area contributed by atoms with Crippen molar-refractivity contribution in [2.45, 2.75) is 26.3 Å². The number of aromatic nitrogens is 2. The lowest BCUT2D eigenvalue weighted by molar-refractivity contribution is 0.244. The number of halogens is 2. The second-order valence-electron chi connectivity index (χ2n) is 8.23. The van der Waals surface area contributed by atoms with Crippen molar-refractivity contribution in [3.05, 3.63) is 106 Å². The first-order chi connectivity index (χ1) is 16.9. The third kappa shape index (κ3) is 4.42. The van der Waals surface area contributed by atoms with Crippen molar-refractivity contribution in [3.63, 3.8) is 0 Å². The van der Waals surface area contributed by atoms with Gasteiger partial charge in [-0.05, 0) is 60.9 Å². The highest BCUT2D eigenvalue weighted by Crippen LogP contribution is 2.39. The van der Waals surface area contributed by atoms with E-state index in [1.54, 1.807) is 35.2 Å². The van der Waals surface area contributed by atoms with E-state index in [1.807, 2.05) is 37.3 Å². The van der Waals surface area contributed by atoms with Crippen LogP contribution < -0.4 is 10.2 Å². The van der Waals surface area contributed by atoms with Crippen LogP contribution in [0.15, 0.2) is 83.0 Å². The number of rotatable bonds is 5. The summed E-state index contributed by atoms with van der Waals surface area (Å²) in [5.41, 5.74) is 4.26. The van der Waals surface area contributed by atoms with Gasteiger partial charge in [0.2, 0.25) is 5.82 Å². The maximum absolute atomic E-state index is 14.1. The van der Waals surface area contributed by atoms with Gasteiger partial charge < -0.3 is 9.84 Å². The standard InChI is InChI=1S/C27H22ClFN4O2/c1-3-17-7-4-12-22(13-17)33-16(2)23(24(30-27(33)34)18-8-6-11-21(29)15-18)26-31-25(32-35-26)19-9-5-10-20(28)14-19/h4-15,24H,3H2,1-2H3,(H,30,34). The van der Waals surface area contributed by atoms with Crippen molar-refractivity contribution in [2.75, 3.05) is 4.90 Å². The second kappa shape index (κ2) is 9.35. The van der Waals surface area contributed by atoms with Gasteiger partial charge >= 0.3 is 6.03 Å². The minimum absolute atomic E-state index is 0.225. The van der Waals surface area contributed by atoms with Gasteiger partial charge in [0, 0.05) is 16.3 Å². The molecule has 2 amide bonds. The molecule has 35 heavy (non-hydrogen) atoms. The van der Waals surface area contributed by atoms with E-state index in [9.17, 15) is 9.18 Å². The monoisotopic (exact) mass is 488 g/mol. The first kappa shape index (κ1) is 22.8. The van der Waals surface area contributed by atoms with Crippen LogP contribution in [0.25, 0.3) is 17.0 Å². The number of urea groups is 1. The van der Waals surface area contributed by atoms with Gasteiger partial charge in [-0.25, -0.2) is 9.18 Å². The Hall–Kier alpha value is -3.97. The average Bonchev–Trinajstić information content (AvgIpc) is 3.34. The van der Waals surface area contributed by atoms with E-state index in [-0.39, 0.29) is 11.9 Å². The summed E-state index contributed by atoms with van der Waals surface area (Å²) in [7, 11) is 0. The first-order valence-electron chi connectivity index (χ1n) is 11.2. The molecule has 0 radical (unpaired) electrons. The molecular weight excluding hydrogens is 467 g/mol. The molecule has 0 bridgehead atoms. The normalized spacial score (nSPS) is 15.9. The van der Waals surface area contributed by atoms with Gasteiger partial charge in [-0.1, -0.05) is 60.1 Å². The molecule has 1 atom stereocenters. The Labute approximate surface area is 207 Å². The molecule has 6 nitrogen and oxygen atoms in total. The quantitative estimate of drug-likeness (QED) is 0.335. The molecule has 1 N–H and O–H groups in total. The Bertz CT molecular complexity index is 1450. The molecule has 1 unspecified atom stereocenters. The zero-order valence-electron chi connectivity index (χ0n) is 19.1. The molecule has 0 saturated heterocycles. The van der Waals surface area contributed by atoms with Crippen LogP contribution in [-0.4, -0.2) is 16.2 Å². The molecule has 4 aromatic rings. The van der Waals surface area contributed by atoms with Crippen LogP contribution >= 0.6 is 11.6 Å². The Morgan fingerprint density at radius 3 is 2.66 bits per heavy atom. The largest absolute Gasteiger partial charge is 0.334 e. The van der Waals surface area contributed by atoms with Crippen molar-refractivity contribution in [3.8, 4) is 11.4 Å². The van der Waals surface area contributed by atoms with Gasteiger partial charge in [0.25, 0.3) is 5.89 Å². The number of nitrogens with zero attached hydrogens (tertiary/aromatic N) is 3. The van der Waals surface area contributed by atoms with Crippen molar-refractivity contribution >= 4 is 28.9 Å². The van der Waals surface area contributed by atoms with E-state index in [0.717, 1.165) is 12.0 Å². The molecule has 0 spiro atoms. The fourth-order valence-corrected chi connectivity index (χ4v) is 4.45. The lowest BCUT2D eigenvalue weighted by Crippen LogP contribution is -2.46. The van der Waals surface area contributed by atoms with Gasteiger partial charge in [-0.2, -0.15) is 4.98 Å². The van der Waals surface area contributed by atoms with Crippen LogP contribution in [0.4, 0.5) is 14.9 Å². The SMILES string of the molecule is CCc1cccc(N2C(=O)NC(c3cccc(F)c3)C(c3nc(-c4cccc(Cl)c4)no3)=C2C)c1. The predicted molar refractivity (Wildman–Crippen MR) is 133 cm³/mol. The molecule has 176 valence electrons. The average molecular weight is 489 g/mol. The Kier molecular flexibility index (Phi) is 6.09. The third-order valence-electron chi connectivity index (χ3n) is 5.98. The minimum atomic E-state index is -0.684. The molecule has 0 fully saturated rings. The molecular formula is C27H22ClFN4O2. The number of hydrogen-bond donors (Lipinski definition) is 1. The van der Waals surface area contributed by atoms with Crippen LogP contribution in [0.1, 0.15) is 36.9 Å². The van der Waals surface area contributed by atoms with Crippen molar-refractivity contribution in [1.82, 2.24) is 15.5 Å². The number of allylic oxidation sites excluding steroid dienone is 1. The zero-order chi connectivity index (χ0) is 24.5. The van der Waals surface area contributed by atoms with Gasteiger partial charge in [-0.3, -0.25) is 4.90 Å². The number of hydrogen-bond acceptors (Lipinski definition) is 4. The van der Waals surface area contributed by atoms with Crippen LogP contribution in [0.3, 0.4) is 0 Å². The lowest BCUT2D eigenvalue weighted by Gasteiger charge is -2.35. The van der Waals surface area contributed by atoms with Crippen LogP contribution in [0.5, 0.6) is 0 Å². The van der Waals surface area contributed by atoms with E-state index < -0.39 is 11.9 Å². The van der Waals surface area contributed by atoms with E-state index in [2.05, 4.69) is 22.4 Å². The maximum atomic E-state index is 14.1. The highest BCUT2D eigenvalue weighted by atomic mass is 35.5. The van der Waals surface area contributed by atoms with Crippen molar-refractivity contribution in [2.24, 2.45) is 0 Å². The maximum Gasteiger partial charge on any atom is 0.326 e. The summed E-state index contributed by atoms with van der Waals surface area (Å²) in [5, 5.41) is 7.69. The summed E-state index contributed by atoms with van der Waals surface area (Å²) in [6.45, 7) is 3.88. The molecule has 2 heterocycles. The Balaban J connectivity index is 1.67. The number of carbonyl (C=O) groups is 1. The second-order valence-corrected chi connectivity index (χ2v) is 8.67. The summed E-state index contributed by atoms with van der Waals surface area (Å²) >= 11 is 6.13. The van der Waals surface area contributed by atoms with E-state index in [0.29, 0.717) is 38.9 Å². The first-order valence-corrected chi connectivity index (χ1v) is 11.6. The number of benzene rings is 3. The number of aryl methyl sites for hydroxylation is 1. The lowest BCUT2D eigenvalue weighted by atomic mass is 9.94. The number of nitrogens with one attached hydrogen (secondary N) is 1. The predicted octanol–water partition coefficient (Wildman–Crippen LogP) is 6.79. The molecule has 1 aliphatic rings. The van der Waals surface area contributed by atoms with Gasteiger partial charge in [0.15, 0.2) is 0 Å². The summed E-state index contributed by atoms with van der Waals surface area (Å²) in [4.78, 5) is 19.5. The highest BCUT2D eigenvalue weighted by molar-refractivity contribution is 6.30. The summed E-state index contributed by atoms with van der Waals surface area (Å²) in [5.74, 6) is 0.178. The molecule has 0 saturated carbocycles. The van der Waals surface area contributed by atoms with Crippen LogP contribution in [0.2, 0.25) is 5.02 Å². The van der Waals surface area contributed by atoms with E-state index >= 15 is 0 Å². The zero-order valence-corrected chi connectivity index (χ0v) is 19.9. The van der Waals surface area contributed by atoms with Crippen molar-refractivity contribution < 1.29 is 13.7 Å². The Morgan fingerprint density at radius 1 is 1.09 bits per heavy atom. The number of anilines is 1. The van der Waals surface area contributed by atoms with Gasteiger partial charge in [0.1, 0.15) is 5.82 Å². The molecule has 1 aromatic heterocycles. The van der Waals surface area contributed by atoms with Crippen LogP contribution in [0, 0.1) is 5.82 Å².